The van der Waals surface area contributed by atoms with E-state index >= 15 is 0 Å². The predicted octanol–water partition coefficient (Wildman–Crippen LogP) is 5.08. The van der Waals surface area contributed by atoms with Crippen molar-refractivity contribution in [3.8, 4) is 0 Å². The molecule has 0 spiro atoms. The van der Waals surface area contributed by atoms with E-state index in [1.54, 1.807) is 11.0 Å². The number of carbonyl (C=O) groups excluding carboxylic acids is 2. The van der Waals surface area contributed by atoms with Gasteiger partial charge in [-0.3, -0.25) is 19.7 Å². The van der Waals surface area contributed by atoms with Crippen molar-refractivity contribution in [3.63, 3.8) is 0 Å². The van der Waals surface area contributed by atoms with Crippen LogP contribution in [0, 0.1) is 16.0 Å². The number of nitro benzene ring substituents is 1. The van der Waals surface area contributed by atoms with Gasteiger partial charge >= 0.3 is 0 Å². The van der Waals surface area contributed by atoms with Gasteiger partial charge in [-0.1, -0.05) is 44.2 Å². The molecule has 0 radical (unpaired) electrons. The van der Waals surface area contributed by atoms with Crippen LogP contribution >= 0.6 is 0 Å². The number of hydrogen-bond donors (Lipinski definition) is 2. The maximum Gasteiger partial charge on any atom is 0.270 e. The van der Waals surface area contributed by atoms with Crippen LogP contribution in [0.2, 0.25) is 0 Å². The molecule has 0 saturated carbocycles. The van der Waals surface area contributed by atoms with Gasteiger partial charge in [-0.2, -0.15) is 0 Å². The van der Waals surface area contributed by atoms with Gasteiger partial charge in [0.25, 0.3) is 11.6 Å². The lowest BCUT2D eigenvalue weighted by atomic mass is 9.99. The molecule has 1 aliphatic heterocycles. The van der Waals surface area contributed by atoms with Gasteiger partial charge in [-0.25, -0.2) is 0 Å². The van der Waals surface area contributed by atoms with Crippen LogP contribution in [0.25, 0.3) is 11.3 Å². The summed E-state index contributed by atoms with van der Waals surface area (Å²) in [6.07, 6.45) is 0. The molecule has 0 saturated heterocycles. The summed E-state index contributed by atoms with van der Waals surface area (Å²) in [5.74, 6) is -0.448. The zero-order chi connectivity index (χ0) is 27.4. The second kappa shape index (κ2) is 11.3. The number of non-ortho nitro benzene ring substituents is 1. The summed E-state index contributed by atoms with van der Waals surface area (Å²) in [6.45, 7) is 5.05. The molecule has 0 aromatic heterocycles. The van der Waals surface area contributed by atoms with Gasteiger partial charge in [0.1, 0.15) is 0 Å². The highest BCUT2D eigenvalue weighted by molar-refractivity contribution is 6.37. The van der Waals surface area contributed by atoms with E-state index < -0.39 is 4.92 Å². The summed E-state index contributed by atoms with van der Waals surface area (Å²) in [5.41, 5.74) is 3.97. The molecule has 2 N–H and O–H groups in total. The Balaban J connectivity index is 1.74. The maximum absolute atomic E-state index is 13.1. The van der Waals surface area contributed by atoms with E-state index in [-0.39, 0.29) is 23.4 Å². The summed E-state index contributed by atoms with van der Waals surface area (Å²) >= 11 is 0. The largest absolute Gasteiger partial charge is 0.354 e. The molecule has 3 aromatic rings. The molecule has 3 aromatic carbocycles. The topological polar surface area (TPSA) is 108 Å². The highest BCUT2D eigenvalue weighted by Crippen LogP contribution is 2.39. The lowest BCUT2D eigenvalue weighted by molar-refractivity contribution is -0.384. The molecule has 196 valence electrons. The summed E-state index contributed by atoms with van der Waals surface area (Å²) < 4.78 is 0. The third-order valence-electron chi connectivity index (χ3n) is 6.25. The number of rotatable bonds is 9. The van der Waals surface area contributed by atoms with E-state index in [0.29, 0.717) is 34.8 Å². The smallest absolute Gasteiger partial charge is 0.270 e. The number of nitrogens with one attached hydrogen (secondary N) is 2. The fourth-order valence-electron chi connectivity index (χ4n) is 4.25. The Bertz CT molecular complexity index is 1380. The number of nitro groups is 1. The minimum Gasteiger partial charge on any atom is -0.354 e. The lowest BCUT2D eigenvalue weighted by Crippen LogP contribution is -2.39. The van der Waals surface area contributed by atoms with E-state index in [1.165, 1.54) is 12.1 Å². The first kappa shape index (κ1) is 26.6. The molecule has 38 heavy (non-hydrogen) atoms. The van der Waals surface area contributed by atoms with Crippen molar-refractivity contribution in [2.75, 3.05) is 42.7 Å². The van der Waals surface area contributed by atoms with Crippen LogP contribution in [0.3, 0.4) is 0 Å². The van der Waals surface area contributed by atoms with Crippen LogP contribution in [0.4, 0.5) is 22.7 Å². The molecule has 0 bridgehead atoms. The van der Waals surface area contributed by atoms with Crippen molar-refractivity contribution < 1.29 is 14.5 Å². The number of anilines is 3. The molecule has 4 rings (SSSR count). The van der Waals surface area contributed by atoms with E-state index in [2.05, 4.69) is 10.6 Å². The number of benzene rings is 3. The monoisotopic (exact) mass is 513 g/mol. The van der Waals surface area contributed by atoms with Gasteiger partial charge in [0.2, 0.25) is 5.91 Å². The van der Waals surface area contributed by atoms with Crippen LogP contribution in [0.1, 0.15) is 25.0 Å². The van der Waals surface area contributed by atoms with Crippen molar-refractivity contribution in [3.05, 3.63) is 94.0 Å². The molecule has 0 atom stereocenters. The molecule has 0 fully saturated rings. The van der Waals surface area contributed by atoms with Gasteiger partial charge in [-0.05, 0) is 50.0 Å². The van der Waals surface area contributed by atoms with Gasteiger partial charge in [0, 0.05) is 53.8 Å². The Labute approximate surface area is 221 Å². The number of likely N-dealkylation sites (N-methyl/N-ethyl adjacent to an activating group) is 1. The number of nitrogens with zero attached hydrogens (tertiary/aromatic N) is 3. The average Bonchev–Trinajstić information content (AvgIpc) is 3.23. The number of amides is 2. The van der Waals surface area contributed by atoms with Gasteiger partial charge in [-0.15, -0.1) is 0 Å². The van der Waals surface area contributed by atoms with Crippen molar-refractivity contribution >= 4 is 45.8 Å². The van der Waals surface area contributed by atoms with Crippen molar-refractivity contribution in [1.29, 1.82) is 0 Å². The fourth-order valence-corrected chi connectivity index (χ4v) is 4.25. The first-order chi connectivity index (χ1) is 18.2. The zero-order valence-electron chi connectivity index (χ0n) is 21.9. The quantitative estimate of drug-likeness (QED) is 0.235. The fraction of sp³-hybridized carbons (Fsp3) is 0.241. The zero-order valence-corrected chi connectivity index (χ0v) is 21.9. The summed E-state index contributed by atoms with van der Waals surface area (Å²) in [6, 6.07) is 21.1. The number of hydrogen-bond acceptors (Lipinski definition) is 6. The third kappa shape index (κ3) is 5.73. The minimum absolute atomic E-state index is 0.0421. The molecule has 9 heteroatoms. The van der Waals surface area contributed by atoms with Crippen molar-refractivity contribution in [2.45, 2.75) is 13.8 Å². The second-order valence-electron chi connectivity index (χ2n) is 9.68. The molecule has 1 aliphatic rings. The maximum atomic E-state index is 13.1. The highest BCUT2D eigenvalue weighted by Gasteiger charge is 2.30. The second-order valence-corrected chi connectivity index (χ2v) is 9.68. The van der Waals surface area contributed by atoms with Crippen LogP contribution < -0.4 is 15.5 Å². The number of carbonyl (C=O) groups is 2. The standard InChI is InChI=1S/C29H31N5O4/c1-19(2)29(36)33(17-16-32(3)4)22-12-10-21(11-13-22)30-27(20-8-6-5-7-9-20)26-24-18-23(34(37)38)14-15-25(24)31-28(26)35/h5-15,18-19,30H,16-17H2,1-4H3,(H,31,35)/b27-26-. The van der Waals surface area contributed by atoms with E-state index in [0.717, 1.165) is 17.8 Å². The SMILES string of the molecule is CC(C)C(=O)N(CCN(C)C)c1ccc(N/C(=C2\C(=O)Nc3ccc([N+](=O)[O-])cc32)c2ccccc2)cc1. The molecular weight excluding hydrogens is 482 g/mol. The van der Waals surface area contributed by atoms with E-state index in [1.807, 2.05) is 87.4 Å². The van der Waals surface area contributed by atoms with Crippen LogP contribution in [-0.4, -0.2) is 48.8 Å². The normalized spacial score (nSPS) is 13.8. The van der Waals surface area contributed by atoms with Gasteiger partial charge in [0.05, 0.1) is 16.2 Å². The van der Waals surface area contributed by atoms with Crippen molar-refractivity contribution in [1.82, 2.24) is 4.90 Å². The van der Waals surface area contributed by atoms with Crippen LogP contribution in [-0.2, 0) is 9.59 Å². The lowest BCUT2D eigenvalue weighted by Gasteiger charge is -2.26. The molecule has 2 amide bonds. The summed E-state index contributed by atoms with van der Waals surface area (Å²) in [4.78, 5) is 40.8. The first-order valence-corrected chi connectivity index (χ1v) is 12.4. The molecule has 9 nitrogen and oxygen atoms in total. The van der Waals surface area contributed by atoms with Gasteiger partial charge < -0.3 is 20.4 Å². The molecule has 0 unspecified atom stereocenters. The van der Waals surface area contributed by atoms with Crippen molar-refractivity contribution in [2.24, 2.45) is 5.92 Å². The molecule has 1 heterocycles. The Morgan fingerprint density at radius 3 is 2.29 bits per heavy atom. The summed E-state index contributed by atoms with van der Waals surface area (Å²) in [7, 11) is 3.94. The van der Waals surface area contributed by atoms with Gasteiger partial charge in [0.15, 0.2) is 0 Å². The molecule has 0 aliphatic carbocycles. The summed E-state index contributed by atoms with van der Waals surface area (Å²) in [5, 5.41) is 17.6. The molecular formula is C29H31N5O4. The van der Waals surface area contributed by atoms with Crippen LogP contribution in [0.5, 0.6) is 0 Å². The minimum atomic E-state index is -0.477. The average molecular weight is 514 g/mol. The first-order valence-electron chi connectivity index (χ1n) is 12.4. The Kier molecular flexibility index (Phi) is 7.87. The number of fused-ring (bicyclic) bond motifs is 1. The Morgan fingerprint density at radius 2 is 1.68 bits per heavy atom. The predicted molar refractivity (Wildman–Crippen MR) is 151 cm³/mol. The Morgan fingerprint density at radius 1 is 1.00 bits per heavy atom. The van der Waals surface area contributed by atoms with E-state index in [9.17, 15) is 19.7 Å². The van der Waals surface area contributed by atoms with E-state index in [4.69, 9.17) is 0 Å². The third-order valence-corrected chi connectivity index (χ3v) is 6.25. The Hall–Kier alpha value is -4.50. The van der Waals surface area contributed by atoms with Crippen LogP contribution in [0.15, 0.2) is 72.8 Å². The highest BCUT2D eigenvalue weighted by atomic mass is 16.6.